The van der Waals surface area contributed by atoms with E-state index in [-0.39, 0.29) is 18.4 Å². The minimum Gasteiger partial charge on any atom is -0.439 e. The third kappa shape index (κ3) is 3.83. The van der Waals surface area contributed by atoms with Crippen LogP contribution in [0, 0.1) is 18.8 Å². The Bertz CT molecular complexity index is 961. The van der Waals surface area contributed by atoms with Gasteiger partial charge >= 0.3 is 0 Å². The van der Waals surface area contributed by atoms with Crippen LogP contribution in [0.15, 0.2) is 35.0 Å². The van der Waals surface area contributed by atoms with Gasteiger partial charge in [-0.25, -0.2) is 15.0 Å². The van der Waals surface area contributed by atoms with Crippen molar-refractivity contribution in [3.8, 4) is 11.5 Å². The highest BCUT2D eigenvalue weighted by Gasteiger charge is 2.26. The summed E-state index contributed by atoms with van der Waals surface area (Å²) in [6, 6.07) is 5.56. The molecule has 0 saturated heterocycles. The number of hydrogen-bond acceptors (Lipinski definition) is 6. The van der Waals surface area contributed by atoms with E-state index in [2.05, 4.69) is 20.3 Å². The Balaban J connectivity index is 1.51. The molecule has 3 aromatic rings. The molecule has 0 spiro atoms. The van der Waals surface area contributed by atoms with Crippen LogP contribution in [-0.2, 0) is 4.79 Å². The Hall–Kier alpha value is -2.80. The molecule has 1 fully saturated rings. The maximum absolute atomic E-state index is 12.5. The molecule has 0 atom stereocenters. The Labute approximate surface area is 156 Å². The van der Waals surface area contributed by atoms with Crippen molar-refractivity contribution in [1.82, 2.24) is 15.0 Å². The van der Waals surface area contributed by atoms with E-state index < -0.39 is 0 Å². The summed E-state index contributed by atoms with van der Waals surface area (Å²) in [5.41, 5.74) is 1.42. The molecule has 7 heteroatoms. The third-order valence-corrected chi connectivity index (χ3v) is 5.17. The van der Waals surface area contributed by atoms with Gasteiger partial charge in [0.15, 0.2) is 11.7 Å². The second-order valence-electron chi connectivity index (χ2n) is 7.09. The molecule has 2 N–H and O–H groups in total. The summed E-state index contributed by atoms with van der Waals surface area (Å²) in [7, 11) is 0. The highest BCUT2D eigenvalue weighted by Crippen LogP contribution is 2.29. The number of aromatic nitrogens is 3. The van der Waals surface area contributed by atoms with E-state index >= 15 is 0 Å². The molecule has 1 saturated carbocycles. The summed E-state index contributed by atoms with van der Waals surface area (Å²) in [6.45, 7) is 2.00. The molecule has 0 aliphatic heterocycles. The number of rotatable bonds is 4. The number of hydrogen-bond donors (Lipinski definition) is 2. The Morgan fingerprint density at radius 2 is 2.04 bits per heavy atom. The number of aliphatic hydroxyl groups excluding tert-OH is 1. The van der Waals surface area contributed by atoms with Gasteiger partial charge in [0.05, 0.1) is 11.7 Å². The van der Waals surface area contributed by atoms with Crippen molar-refractivity contribution in [1.29, 1.82) is 0 Å². The van der Waals surface area contributed by atoms with Gasteiger partial charge in [0.25, 0.3) is 0 Å². The minimum atomic E-state index is -0.0261. The summed E-state index contributed by atoms with van der Waals surface area (Å²) < 4.78 is 5.53. The van der Waals surface area contributed by atoms with Gasteiger partial charge < -0.3 is 14.8 Å². The Morgan fingerprint density at radius 1 is 1.22 bits per heavy atom. The van der Waals surface area contributed by atoms with Crippen molar-refractivity contribution in [2.75, 3.05) is 11.9 Å². The monoisotopic (exact) mass is 366 g/mol. The third-order valence-electron chi connectivity index (χ3n) is 5.17. The number of anilines is 1. The van der Waals surface area contributed by atoms with E-state index in [0.29, 0.717) is 29.1 Å². The lowest BCUT2D eigenvalue weighted by atomic mass is 9.82. The molecule has 27 heavy (non-hydrogen) atoms. The number of aliphatic hydroxyl groups is 1. The molecular formula is C20H22N4O3. The predicted molar refractivity (Wildman–Crippen MR) is 101 cm³/mol. The number of carbonyl (C=O) groups is 1. The Kier molecular flexibility index (Phi) is 4.85. The van der Waals surface area contributed by atoms with E-state index in [4.69, 9.17) is 4.42 Å². The fourth-order valence-electron chi connectivity index (χ4n) is 3.54. The molecule has 1 aliphatic rings. The molecule has 4 rings (SSSR count). The molecule has 140 valence electrons. The van der Waals surface area contributed by atoms with Gasteiger partial charge in [0, 0.05) is 37.1 Å². The van der Waals surface area contributed by atoms with Crippen LogP contribution in [0.5, 0.6) is 0 Å². The van der Waals surface area contributed by atoms with Gasteiger partial charge in [-0.2, -0.15) is 0 Å². The second kappa shape index (κ2) is 7.44. The van der Waals surface area contributed by atoms with E-state index in [1.165, 1.54) is 0 Å². The molecule has 0 aromatic carbocycles. The SMILES string of the molecule is Cc1ncc(-c2ccc3cnc(NC(=O)[C@H]4CC[C@H](CO)CC4)cc3n2)o1. The topological polar surface area (TPSA) is 101 Å². The molecule has 1 aliphatic carbocycles. The maximum atomic E-state index is 12.5. The first-order valence-corrected chi connectivity index (χ1v) is 9.23. The predicted octanol–water partition coefficient (Wildman–Crippen LogP) is 3.33. The minimum absolute atomic E-state index is 0.0137. The summed E-state index contributed by atoms with van der Waals surface area (Å²) >= 11 is 0. The van der Waals surface area contributed by atoms with Gasteiger partial charge in [0.2, 0.25) is 5.91 Å². The van der Waals surface area contributed by atoms with Crippen LogP contribution in [0.3, 0.4) is 0 Å². The molecule has 0 radical (unpaired) electrons. The number of amides is 1. The van der Waals surface area contributed by atoms with E-state index in [1.807, 2.05) is 12.1 Å². The van der Waals surface area contributed by atoms with E-state index in [9.17, 15) is 9.90 Å². The van der Waals surface area contributed by atoms with Crippen molar-refractivity contribution in [2.24, 2.45) is 11.8 Å². The molecule has 0 bridgehead atoms. The van der Waals surface area contributed by atoms with Gasteiger partial charge in [-0.3, -0.25) is 4.79 Å². The zero-order chi connectivity index (χ0) is 18.8. The van der Waals surface area contributed by atoms with Crippen molar-refractivity contribution in [2.45, 2.75) is 32.6 Å². The molecule has 3 aromatic heterocycles. The largest absolute Gasteiger partial charge is 0.439 e. The second-order valence-corrected chi connectivity index (χ2v) is 7.09. The van der Waals surface area contributed by atoms with Gasteiger partial charge in [-0.1, -0.05) is 0 Å². The van der Waals surface area contributed by atoms with Crippen LogP contribution in [0.25, 0.3) is 22.4 Å². The Morgan fingerprint density at radius 3 is 2.74 bits per heavy atom. The lowest BCUT2D eigenvalue weighted by Gasteiger charge is -2.26. The number of nitrogens with one attached hydrogen (secondary N) is 1. The van der Waals surface area contributed by atoms with Crippen LogP contribution in [0.1, 0.15) is 31.6 Å². The molecule has 0 unspecified atom stereocenters. The fourth-order valence-corrected chi connectivity index (χ4v) is 3.54. The lowest BCUT2D eigenvalue weighted by Crippen LogP contribution is -2.28. The maximum Gasteiger partial charge on any atom is 0.228 e. The first kappa shape index (κ1) is 17.6. The number of carbonyl (C=O) groups excluding carboxylic acids is 1. The van der Waals surface area contributed by atoms with Gasteiger partial charge in [-0.05, 0) is 43.7 Å². The average molecular weight is 366 g/mol. The highest BCUT2D eigenvalue weighted by atomic mass is 16.4. The molecule has 3 heterocycles. The van der Waals surface area contributed by atoms with Crippen LogP contribution < -0.4 is 5.32 Å². The fraction of sp³-hybridized carbons (Fsp3) is 0.400. The smallest absolute Gasteiger partial charge is 0.228 e. The lowest BCUT2D eigenvalue weighted by molar-refractivity contribution is -0.121. The van der Waals surface area contributed by atoms with E-state index in [0.717, 1.165) is 36.6 Å². The van der Waals surface area contributed by atoms with Crippen molar-refractivity contribution < 1.29 is 14.3 Å². The van der Waals surface area contributed by atoms with E-state index in [1.54, 1.807) is 25.4 Å². The van der Waals surface area contributed by atoms with Crippen molar-refractivity contribution in [3.05, 3.63) is 36.5 Å². The number of pyridine rings is 2. The standard InChI is InChI=1S/C20H22N4O3/c1-12-21-10-18(27-12)16-7-6-15-9-22-19(8-17(15)23-16)24-20(26)14-4-2-13(11-25)3-5-14/h6-10,13-14,25H,2-5,11H2,1H3,(H,22,24,26)/t13-,14-. The molecular weight excluding hydrogens is 344 g/mol. The zero-order valence-corrected chi connectivity index (χ0v) is 15.2. The first-order valence-electron chi connectivity index (χ1n) is 9.23. The summed E-state index contributed by atoms with van der Waals surface area (Å²) in [5.74, 6) is 1.98. The summed E-state index contributed by atoms with van der Waals surface area (Å²) in [4.78, 5) is 25.6. The van der Waals surface area contributed by atoms with Crippen LogP contribution in [0.2, 0.25) is 0 Å². The normalized spacial score (nSPS) is 19.9. The first-order chi connectivity index (χ1) is 13.1. The van der Waals surface area contributed by atoms with Crippen LogP contribution in [-0.4, -0.2) is 32.6 Å². The molecule has 1 amide bonds. The quantitative estimate of drug-likeness (QED) is 0.734. The number of oxazole rings is 1. The number of aryl methyl sites for hydroxylation is 1. The van der Waals surface area contributed by atoms with Crippen LogP contribution in [0.4, 0.5) is 5.82 Å². The average Bonchev–Trinajstić information content (AvgIpc) is 3.14. The van der Waals surface area contributed by atoms with Gasteiger partial charge in [-0.15, -0.1) is 0 Å². The van der Waals surface area contributed by atoms with Crippen molar-refractivity contribution >= 4 is 22.6 Å². The number of nitrogens with zero attached hydrogens (tertiary/aromatic N) is 3. The molecule has 7 nitrogen and oxygen atoms in total. The van der Waals surface area contributed by atoms with Gasteiger partial charge in [0.1, 0.15) is 11.5 Å². The summed E-state index contributed by atoms with van der Waals surface area (Å²) in [6.07, 6.45) is 6.74. The highest BCUT2D eigenvalue weighted by molar-refractivity contribution is 5.93. The van der Waals surface area contributed by atoms with Crippen molar-refractivity contribution in [3.63, 3.8) is 0 Å². The summed E-state index contributed by atoms with van der Waals surface area (Å²) in [5, 5.41) is 13.0. The number of fused-ring (bicyclic) bond motifs is 1. The zero-order valence-electron chi connectivity index (χ0n) is 15.2. The van der Waals surface area contributed by atoms with Crippen LogP contribution >= 0.6 is 0 Å².